The first kappa shape index (κ1) is 29.4. The number of aliphatic hydroxyl groups excluding tert-OH is 1. The highest BCUT2D eigenvalue weighted by Crippen LogP contribution is 2.42. The predicted molar refractivity (Wildman–Crippen MR) is 142 cm³/mol. The van der Waals surface area contributed by atoms with Gasteiger partial charge in [0.2, 0.25) is 0 Å². The number of phenolic OH excluding ortho intramolecular Hbond substituents is 2. The molecule has 5 rings (SSSR count). The highest BCUT2D eigenvalue weighted by Gasteiger charge is 2.38. The van der Waals surface area contributed by atoms with Gasteiger partial charge in [0.05, 0.1) is 6.10 Å². The summed E-state index contributed by atoms with van der Waals surface area (Å²) in [5.74, 6) is -2.66. The van der Waals surface area contributed by atoms with Crippen LogP contribution in [0, 0.1) is 0 Å². The van der Waals surface area contributed by atoms with Gasteiger partial charge in [-0.2, -0.15) is 13.2 Å². The van der Waals surface area contributed by atoms with Crippen molar-refractivity contribution in [2.24, 2.45) is 0 Å². The molecule has 3 aromatic rings. The molecular weight excluding hydrogens is 531 g/mol. The second-order valence-electron chi connectivity index (χ2n) is 10.5. The number of fused-ring (bicyclic) bond motifs is 1. The maximum Gasteiger partial charge on any atom is 0.490 e. The number of hydrogen-bond acceptors (Lipinski definition) is 7. The van der Waals surface area contributed by atoms with Crippen LogP contribution in [0.1, 0.15) is 61.5 Å². The predicted octanol–water partition coefficient (Wildman–Crippen LogP) is 5.33. The largest absolute Gasteiger partial charge is 0.507 e. The van der Waals surface area contributed by atoms with Crippen LogP contribution in [0.3, 0.4) is 0 Å². The zero-order valence-electron chi connectivity index (χ0n) is 21.9. The fourth-order valence-corrected chi connectivity index (χ4v) is 5.60. The minimum atomic E-state index is -5.08. The van der Waals surface area contributed by atoms with Gasteiger partial charge in [0.1, 0.15) is 28.2 Å². The van der Waals surface area contributed by atoms with Gasteiger partial charge in [0.15, 0.2) is 5.43 Å². The Kier molecular flexibility index (Phi) is 8.74. The molecule has 2 aromatic carbocycles. The molecule has 0 spiro atoms. The summed E-state index contributed by atoms with van der Waals surface area (Å²) in [6, 6.07) is 10.7. The van der Waals surface area contributed by atoms with E-state index in [0.717, 1.165) is 12.1 Å². The lowest BCUT2D eigenvalue weighted by Gasteiger charge is -2.34. The Balaban J connectivity index is 0.000000470. The Hall–Kier alpha value is -3.57. The SMILES string of the molecule is CN1CC[C@H](c2c(O)cc(O)c3c(=O)cc(-c4ccc(C5CCCCC5)cc4)oc23)[C@H](O)C1.O=C(O)C(F)(F)F. The number of aliphatic hydroxyl groups is 1. The zero-order valence-corrected chi connectivity index (χ0v) is 21.9. The molecule has 0 unspecified atom stereocenters. The Morgan fingerprint density at radius 2 is 1.62 bits per heavy atom. The quantitative estimate of drug-likeness (QED) is 0.336. The van der Waals surface area contributed by atoms with Gasteiger partial charge in [-0.3, -0.25) is 4.79 Å². The molecule has 2 aliphatic rings. The number of likely N-dealkylation sites (tertiary alicyclic amines) is 1. The Morgan fingerprint density at radius 3 is 2.20 bits per heavy atom. The summed E-state index contributed by atoms with van der Waals surface area (Å²) < 4.78 is 37.9. The van der Waals surface area contributed by atoms with Crippen LogP contribution < -0.4 is 5.43 Å². The fourth-order valence-electron chi connectivity index (χ4n) is 5.60. The number of aromatic hydroxyl groups is 2. The summed E-state index contributed by atoms with van der Waals surface area (Å²) in [6.07, 6.45) is 1.08. The third-order valence-electron chi connectivity index (χ3n) is 7.67. The number of rotatable bonds is 3. The molecule has 4 N–H and O–H groups in total. The second kappa shape index (κ2) is 11.9. The van der Waals surface area contributed by atoms with E-state index in [1.54, 1.807) is 0 Å². The average Bonchev–Trinajstić information content (AvgIpc) is 2.89. The van der Waals surface area contributed by atoms with Gasteiger partial charge >= 0.3 is 12.1 Å². The first-order valence-corrected chi connectivity index (χ1v) is 13.2. The van der Waals surface area contributed by atoms with Crippen molar-refractivity contribution in [3.8, 4) is 22.8 Å². The molecule has 0 bridgehead atoms. The summed E-state index contributed by atoms with van der Waals surface area (Å²) in [7, 11) is 1.93. The zero-order chi connectivity index (χ0) is 29.2. The van der Waals surface area contributed by atoms with Gasteiger partial charge in [0, 0.05) is 35.7 Å². The van der Waals surface area contributed by atoms with Crippen molar-refractivity contribution in [2.45, 2.75) is 62.6 Å². The van der Waals surface area contributed by atoms with Gasteiger partial charge in [-0.05, 0) is 44.3 Å². The molecule has 0 radical (unpaired) electrons. The average molecular weight is 564 g/mol. The van der Waals surface area contributed by atoms with Gasteiger partial charge in [0.25, 0.3) is 0 Å². The second-order valence-corrected chi connectivity index (χ2v) is 10.5. The lowest BCUT2D eigenvalue weighted by Crippen LogP contribution is -2.40. The van der Waals surface area contributed by atoms with E-state index in [2.05, 4.69) is 12.1 Å². The number of carboxylic acid groups (broad SMARTS) is 1. The molecule has 0 amide bonds. The maximum absolute atomic E-state index is 13.0. The molecule has 2 fully saturated rings. The lowest BCUT2D eigenvalue weighted by molar-refractivity contribution is -0.192. The molecule has 1 aromatic heterocycles. The molecule has 40 heavy (non-hydrogen) atoms. The summed E-state index contributed by atoms with van der Waals surface area (Å²) >= 11 is 0. The lowest BCUT2D eigenvalue weighted by atomic mass is 9.84. The van der Waals surface area contributed by atoms with E-state index in [4.69, 9.17) is 14.3 Å². The van der Waals surface area contributed by atoms with Gasteiger partial charge in [-0.15, -0.1) is 0 Å². The highest BCUT2D eigenvalue weighted by molar-refractivity contribution is 5.89. The molecule has 2 atom stereocenters. The van der Waals surface area contributed by atoms with Gasteiger partial charge in [-0.25, -0.2) is 4.79 Å². The van der Waals surface area contributed by atoms with E-state index in [1.165, 1.54) is 49.8 Å². The van der Waals surface area contributed by atoms with E-state index >= 15 is 0 Å². The molecule has 1 aliphatic heterocycles. The van der Waals surface area contributed by atoms with Crippen molar-refractivity contribution in [3.63, 3.8) is 0 Å². The number of likely N-dealkylation sites (N-methyl/N-ethyl adjacent to an activating group) is 1. The molecule has 11 heteroatoms. The van der Waals surface area contributed by atoms with Gasteiger partial charge < -0.3 is 29.7 Å². The minimum absolute atomic E-state index is 0.0384. The normalized spacial score (nSPS) is 20.6. The number of hydrogen-bond donors (Lipinski definition) is 4. The number of β-amino-alcohol motifs (C(OH)–C–C–N with tert-alkyl or cyclic N) is 1. The number of benzene rings is 2. The number of carbonyl (C=O) groups is 1. The Labute approximate surface area is 228 Å². The van der Waals surface area contributed by atoms with Crippen LogP contribution in [0.2, 0.25) is 0 Å². The van der Waals surface area contributed by atoms with Crippen LogP contribution in [-0.2, 0) is 4.79 Å². The van der Waals surface area contributed by atoms with E-state index in [1.807, 2.05) is 24.1 Å². The molecule has 1 aliphatic carbocycles. The van der Waals surface area contributed by atoms with E-state index in [9.17, 15) is 33.3 Å². The summed E-state index contributed by atoms with van der Waals surface area (Å²) in [4.78, 5) is 23.9. The molecule has 8 nitrogen and oxygen atoms in total. The standard InChI is InChI=1S/C27H31NO5.C2HF3O2/c1-28-12-11-19(23(32)15-28)25-20(29)13-21(30)26-22(31)14-24(33-27(25)26)18-9-7-17(8-10-18)16-5-3-2-4-6-16;3-2(4,5)1(6)7/h7-10,13-14,16,19,23,29-30,32H,2-6,11-12,15H2,1H3;(H,6,7)/t19-,23+;/m0./s1. The first-order valence-electron chi connectivity index (χ1n) is 13.2. The Morgan fingerprint density at radius 1 is 1.00 bits per heavy atom. The highest BCUT2D eigenvalue weighted by atomic mass is 19.4. The minimum Gasteiger partial charge on any atom is -0.507 e. The molecule has 216 valence electrons. The van der Waals surface area contributed by atoms with Crippen LogP contribution in [0.15, 0.2) is 45.6 Å². The smallest absolute Gasteiger partial charge is 0.490 e. The number of aliphatic carboxylic acids is 1. The van der Waals surface area contributed by atoms with Gasteiger partial charge in [-0.1, -0.05) is 43.5 Å². The third-order valence-corrected chi connectivity index (χ3v) is 7.67. The van der Waals surface area contributed by atoms with Crippen molar-refractivity contribution >= 4 is 16.9 Å². The van der Waals surface area contributed by atoms with Crippen molar-refractivity contribution < 1.29 is 42.8 Å². The van der Waals surface area contributed by atoms with Crippen LogP contribution in [-0.4, -0.2) is 63.7 Å². The first-order chi connectivity index (χ1) is 18.9. The van der Waals surface area contributed by atoms with E-state index in [-0.39, 0.29) is 27.9 Å². The van der Waals surface area contributed by atoms with Crippen molar-refractivity contribution in [1.82, 2.24) is 4.90 Å². The molecule has 2 heterocycles. The van der Waals surface area contributed by atoms with Crippen molar-refractivity contribution in [1.29, 1.82) is 0 Å². The molecule has 1 saturated heterocycles. The van der Waals surface area contributed by atoms with Crippen LogP contribution in [0.25, 0.3) is 22.3 Å². The van der Waals surface area contributed by atoms with Crippen LogP contribution in [0.4, 0.5) is 13.2 Å². The number of nitrogens with zero attached hydrogens (tertiary/aromatic N) is 1. The number of alkyl halides is 3. The van der Waals surface area contributed by atoms with Crippen molar-refractivity contribution in [2.75, 3.05) is 20.1 Å². The topological polar surface area (TPSA) is 131 Å². The van der Waals surface area contributed by atoms with Crippen LogP contribution in [0.5, 0.6) is 11.5 Å². The van der Waals surface area contributed by atoms with Crippen molar-refractivity contribution in [3.05, 3.63) is 57.7 Å². The summed E-state index contributed by atoms with van der Waals surface area (Å²) in [5.41, 5.74) is 2.25. The third kappa shape index (κ3) is 6.42. The van der Waals surface area contributed by atoms with Crippen LogP contribution >= 0.6 is 0 Å². The number of piperidine rings is 1. The number of halogens is 3. The number of phenols is 2. The van der Waals surface area contributed by atoms with E-state index in [0.29, 0.717) is 30.2 Å². The molecule has 1 saturated carbocycles. The summed E-state index contributed by atoms with van der Waals surface area (Å²) in [5, 5.41) is 39.0. The van der Waals surface area contributed by atoms with E-state index < -0.39 is 24.2 Å². The number of carboxylic acids is 1. The molecular formula is C29H32F3NO7. The Bertz CT molecular complexity index is 1410. The summed E-state index contributed by atoms with van der Waals surface area (Å²) in [6.45, 7) is 1.20. The monoisotopic (exact) mass is 563 g/mol. The fraction of sp³-hybridized carbons (Fsp3) is 0.448. The maximum atomic E-state index is 13.0.